The van der Waals surface area contributed by atoms with E-state index in [2.05, 4.69) is 6.07 Å². The lowest BCUT2D eigenvalue weighted by molar-refractivity contribution is -0.384. The Labute approximate surface area is 171 Å². The number of benzene rings is 2. The number of nitro benzene ring substituents is 1. The van der Waals surface area contributed by atoms with Crippen LogP contribution in [0, 0.1) is 21.4 Å². The maximum Gasteiger partial charge on any atom is 0.270 e. The molecule has 1 aromatic heterocycles. The number of nitro groups is 1. The molecule has 0 saturated heterocycles. The summed E-state index contributed by atoms with van der Waals surface area (Å²) in [7, 11) is 3.05. The number of allylic oxidation sites excluding steroid dienone is 1. The van der Waals surface area contributed by atoms with Crippen LogP contribution in [-0.4, -0.2) is 19.1 Å². The molecule has 0 atom stereocenters. The summed E-state index contributed by atoms with van der Waals surface area (Å²) in [5.41, 5.74) is 1.41. The first-order chi connectivity index (χ1) is 14.0. The van der Waals surface area contributed by atoms with Crippen molar-refractivity contribution in [2.24, 2.45) is 0 Å². The Kier molecular flexibility index (Phi) is 5.86. The van der Waals surface area contributed by atoms with Gasteiger partial charge in [-0.3, -0.25) is 10.1 Å². The molecule has 0 bridgehead atoms. The molecule has 0 aliphatic heterocycles. The lowest BCUT2D eigenvalue weighted by Gasteiger charge is -2.08. The van der Waals surface area contributed by atoms with Crippen LogP contribution in [0.15, 0.2) is 52.9 Å². The van der Waals surface area contributed by atoms with E-state index in [0.717, 1.165) is 0 Å². The number of ether oxygens (including phenoxy) is 2. The fourth-order valence-electron chi connectivity index (χ4n) is 2.72. The van der Waals surface area contributed by atoms with Gasteiger partial charge in [0.2, 0.25) is 0 Å². The molecule has 3 aromatic rings. The molecule has 0 N–H and O–H groups in total. The zero-order valence-electron chi connectivity index (χ0n) is 15.5. The lowest BCUT2D eigenvalue weighted by atomic mass is 10.1. The van der Waals surface area contributed by atoms with Gasteiger partial charge in [0.1, 0.15) is 11.5 Å². The number of methoxy groups -OCH3 is 2. The van der Waals surface area contributed by atoms with Gasteiger partial charge >= 0.3 is 0 Å². The molecule has 2 aromatic carbocycles. The lowest BCUT2D eigenvalue weighted by Crippen LogP contribution is -1.92. The maximum absolute atomic E-state index is 10.8. The van der Waals surface area contributed by atoms with E-state index >= 15 is 0 Å². The second-order valence-electron chi connectivity index (χ2n) is 5.86. The van der Waals surface area contributed by atoms with Gasteiger partial charge in [0.15, 0.2) is 11.5 Å². The Morgan fingerprint density at radius 1 is 1.14 bits per heavy atom. The third-order valence-electron chi connectivity index (χ3n) is 4.16. The monoisotopic (exact) mass is 410 g/mol. The van der Waals surface area contributed by atoms with Crippen LogP contribution in [0.3, 0.4) is 0 Å². The van der Waals surface area contributed by atoms with Crippen molar-refractivity contribution >= 4 is 28.9 Å². The van der Waals surface area contributed by atoms with Crippen LogP contribution in [0.4, 0.5) is 5.69 Å². The van der Waals surface area contributed by atoms with E-state index in [1.807, 2.05) is 0 Å². The van der Waals surface area contributed by atoms with Gasteiger partial charge in [0, 0.05) is 17.7 Å². The largest absolute Gasteiger partial charge is 0.493 e. The standard InChI is InChI=1S/C21H15ClN2O5/c1-27-20-7-3-13(10-21(20)28-2)14(12-23)9-16-5-8-19(29-16)17-6-4-15(24(25)26)11-18(17)22/h3-11H,1-2H3. The molecule has 0 unspecified atom stereocenters. The Balaban J connectivity index is 1.94. The highest BCUT2D eigenvalue weighted by molar-refractivity contribution is 6.33. The van der Waals surface area contributed by atoms with Crippen molar-refractivity contribution in [3.05, 3.63) is 75.0 Å². The maximum atomic E-state index is 10.8. The smallest absolute Gasteiger partial charge is 0.270 e. The number of rotatable bonds is 6. The molecule has 8 heteroatoms. The molecule has 0 amide bonds. The number of hydrogen-bond acceptors (Lipinski definition) is 6. The highest BCUT2D eigenvalue weighted by atomic mass is 35.5. The molecule has 0 fully saturated rings. The zero-order chi connectivity index (χ0) is 21.0. The quantitative estimate of drug-likeness (QED) is 0.298. The average Bonchev–Trinajstić information content (AvgIpc) is 3.19. The van der Waals surface area contributed by atoms with Crippen LogP contribution in [0.5, 0.6) is 11.5 Å². The van der Waals surface area contributed by atoms with Gasteiger partial charge < -0.3 is 13.9 Å². The molecule has 0 radical (unpaired) electrons. The Bertz CT molecular complexity index is 1140. The summed E-state index contributed by atoms with van der Waals surface area (Å²) in [6, 6.07) is 14.8. The van der Waals surface area contributed by atoms with Crippen molar-refractivity contribution in [3.8, 4) is 28.9 Å². The number of nitriles is 1. The Morgan fingerprint density at radius 3 is 2.52 bits per heavy atom. The van der Waals surface area contributed by atoms with Crippen LogP contribution in [0.2, 0.25) is 5.02 Å². The van der Waals surface area contributed by atoms with E-state index in [1.54, 1.807) is 36.4 Å². The van der Waals surface area contributed by atoms with Crippen LogP contribution in [0.25, 0.3) is 23.0 Å². The van der Waals surface area contributed by atoms with E-state index in [9.17, 15) is 15.4 Å². The van der Waals surface area contributed by atoms with Crippen molar-refractivity contribution in [2.75, 3.05) is 14.2 Å². The molecule has 1 heterocycles. The minimum absolute atomic E-state index is 0.106. The van der Waals surface area contributed by atoms with Crippen molar-refractivity contribution in [3.63, 3.8) is 0 Å². The molecule has 0 saturated carbocycles. The minimum Gasteiger partial charge on any atom is -0.493 e. The molecule has 146 valence electrons. The second kappa shape index (κ2) is 8.50. The minimum atomic E-state index is -0.520. The van der Waals surface area contributed by atoms with Crippen molar-refractivity contribution in [1.29, 1.82) is 5.26 Å². The summed E-state index contributed by atoms with van der Waals surface area (Å²) < 4.78 is 16.3. The predicted molar refractivity (Wildman–Crippen MR) is 109 cm³/mol. The van der Waals surface area contributed by atoms with Crippen LogP contribution in [-0.2, 0) is 0 Å². The van der Waals surface area contributed by atoms with E-state index in [1.165, 1.54) is 32.4 Å². The van der Waals surface area contributed by atoms with Crippen LogP contribution in [0.1, 0.15) is 11.3 Å². The van der Waals surface area contributed by atoms with Gasteiger partial charge in [-0.15, -0.1) is 0 Å². The highest BCUT2D eigenvalue weighted by Crippen LogP contribution is 2.34. The zero-order valence-corrected chi connectivity index (χ0v) is 16.3. The molecule has 7 nitrogen and oxygen atoms in total. The van der Waals surface area contributed by atoms with Crippen molar-refractivity contribution in [1.82, 2.24) is 0 Å². The summed E-state index contributed by atoms with van der Waals surface area (Å²) in [5, 5.41) is 20.6. The van der Waals surface area contributed by atoms with Crippen LogP contribution < -0.4 is 9.47 Å². The van der Waals surface area contributed by atoms with Gasteiger partial charge in [-0.2, -0.15) is 5.26 Å². The summed E-state index contributed by atoms with van der Waals surface area (Å²) >= 11 is 6.15. The molecule has 0 spiro atoms. The molecular weight excluding hydrogens is 396 g/mol. The highest BCUT2D eigenvalue weighted by Gasteiger charge is 2.14. The first-order valence-corrected chi connectivity index (χ1v) is 8.73. The van der Waals surface area contributed by atoms with Gasteiger partial charge in [-0.05, 0) is 48.0 Å². The third-order valence-corrected chi connectivity index (χ3v) is 4.47. The fourth-order valence-corrected chi connectivity index (χ4v) is 2.99. The second-order valence-corrected chi connectivity index (χ2v) is 6.27. The van der Waals surface area contributed by atoms with Gasteiger partial charge in [-0.25, -0.2) is 0 Å². The SMILES string of the molecule is COc1ccc(C(C#N)=Cc2ccc(-c3ccc([N+](=O)[O-])cc3Cl)o2)cc1OC. The molecular formula is C21H15ClN2O5. The van der Waals surface area contributed by atoms with Gasteiger partial charge in [0.25, 0.3) is 5.69 Å². The predicted octanol–water partition coefficient (Wildman–Crippen LogP) is 5.59. The number of halogens is 1. The van der Waals surface area contributed by atoms with Crippen molar-refractivity contribution < 1.29 is 18.8 Å². The van der Waals surface area contributed by atoms with Gasteiger partial charge in [0.05, 0.1) is 35.8 Å². The molecule has 3 rings (SSSR count). The molecule has 0 aliphatic rings. The molecule has 29 heavy (non-hydrogen) atoms. The summed E-state index contributed by atoms with van der Waals surface area (Å²) in [6.45, 7) is 0. The number of non-ortho nitro benzene ring substituents is 1. The topological polar surface area (TPSA) is 98.5 Å². The van der Waals surface area contributed by atoms with E-state index < -0.39 is 4.92 Å². The van der Waals surface area contributed by atoms with E-state index in [0.29, 0.717) is 39.7 Å². The van der Waals surface area contributed by atoms with E-state index in [-0.39, 0.29) is 10.7 Å². The Morgan fingerprint density at radius 2 is 1.90 bits per heavy atom. The van der Waals surface area contributed by atoms with Crippen molar-refractivity contribution in [2.45, 2.75) is 0 Å². The van der Waals surface area contributed by atoms with Crippen LogP contribution >= 0.6 is 11.6 Å². The first-order valence-electron chi connectivity index (χ1n) is 8.35. The summed E-state index contributed by atoms with van der Waals surface area (Å²) in [6.07, 6.45) is 1.59. The number of furan rings is 1. The normalized spacial score (nSPS) is 11.0. The first kappa shape index (κ1) is 20.0. The third kappa shape index (κ3) is 4.23. The van der Waals surface area contributed by atoms with Gasteiger partial charge in [-0.1, -0.05) is 11.6 Å². The number of nitrogens with zero attached hydrogens (tertiary/aromatic N) is 2. The number of hydrogen-bond donors (Lipinski definition) is 0. The Hall–Kier alpha value is -3.76. The average molecular weight is 411 g/mol. The summed E-state index contributed by atoms with van der Waals surface area (Å²) in [5.74, 6) is 1.92. The fraction of sp³-hybridized carbons (Fsp3) is 0.0952. The molecule has 0 aliphatic carbocycles. The summed E-state index contributed by atoms with van der Waals surface area (Å²) in [4.78, 5) is 10.3. The van der Waals surface area contributed by atoms with E-state index in [4.69, 9.17) is 25.5 Å².